The predicted molar refractivity (Wildman–Crippen MR) is 108 cm³/mol. The van der Waals surface area contributed by atoms with Crippen molar-refractivity contribution < 1.29 is 4.79 Å². The van der Waals surface area contributed by atoms with Crippen LogP contribution < -0.4 is 5.32 Å². The number of likely N-dealkylation sites (tertiary alicyclic amines) is 1. The Morgan fingerprint density at radius 2 is 2.12 bits per heavy atom. The van der Waals surface area contributed by atoms with Gasteiger partial charge in [0.2, 0.25) is 5.91 Å². The molecule has 1 aromatic carbocycles. The van der Waals surface area contributed by atoms with E-state index in [9.17, 15) is 4.79 Å². The molecular formula is C23H36N2O. The number of nitrogens with zero attached hydrogens (tertiary/aromatic N) is 1. The quantitative estimate of drug-likeness (QED) is 0.829. The van der Waals surface area contributed by atoms with Crippen molar-refractivity contribution in [3.8, 4) is 0 Å². The standard InChI is InChI=1S/C23H36N2O/c1-17-7-5-8-19(13-17)9-6-11-25-12-10-20(15-23(3,4)16-25)24-22(26)21-14-18(21)2/h5,7-8,13,18,20-21H,6,9-12,14-16H2,1-4H3,(H,24,26)/t18-,20?,21-/m1/s1. The molecule has 1 aliphatic heterocycles. The molecule has 2 aliphatic rings. The molecule has 1 aliphatic carbocycles. The second kappa shape index (κ2) is 8.12. The van der Waals surface area contributed by atoms with Gasteiger partial charge in [-0.3, -0.25) is 4.79 Å². The van der Waals surface area contributed by atoms with E-state index in [-0.39, 0.29) is 11.3 Å². The van der Waals surface area contributed by atoms with Crippen LogP contribution >= 0.6 is 0 Å². The van der Waals surface area contributed by atoms with Crippen molar-refractivity contribution in [2.45, 2.75) is 65.8 Å². The molecule has 3 atom stereocenters. The molecule has 0 spiro atoms. The summed E-state index contributed by atoms with van der Waals surface area (Å²) >= 11 is 0. The molecule has 3 nitrogen and oxygen atoms in total. The van der Waals surface area contributed by atoms with Crippen LogP contribution in [0.15, 0.2) is 24.3 Å². The van der Waals surface area contributed by atoms with E-state index in [1.54, 1.807) is 0 Å². The minimum Gasteiger partial charge on any atom is -0.353 e. The molecule has 144 valence electrons. The zero-order chi connectivity index (χ0) is 18.7. The van der Waals surface area contributed by atoms with Crippen LogP contribution in [0.5, 0.6) is 0 Å². The minimum absolute atomic E-state index is 0.257. The van der Waals surface area contributed by atoms with Gasteiger partial charge >= 0.3 is 0 Å². The summed E-state index contributed by atoms with van der Waals surface area (Å²) in [4.78, 5) is 14.9. The number of benzene rings is 1. The third-order valence-electron chi connectivity index (χ3n) is 6.06. The molecule has 1 heterocycles. The van der Waals surface area contributed by atoms with Gasteiger partial charge in [-0.2, -0.15) is 0 Å². The molecule has 0 bridgehead atoms. The Hall–Kier alpha value is -1.35. The van der Waals surface area contributed by atoms with Crippen molar-refractivity contribution in [2.75, 3.05) is 19.6 Å². The first kappa shape index (κ1) is 19.4. The topological polar surface area (TPSA) is 32.3 Å². The van der Waals surface area contributed by atoms with E-state index in [0.717, 1.165) is 45.3 Å². The van der Waals surface area contributed by atoms with Gasteiger partial charge in [-0.15, -0.1) is 0 Å². The lowest BCUT2D eigenvalue weighted by atomic mass is 9.85. The summed E-state index contributed by atoms with van der Waals surface area (Å²) < 4.78 is 0. The number of aryl methyl sites for hydroxylation is 2. The van der Waals surface area contributed by atoms with Gasteiger partial charge in [0.15, 0.2) is 0 Å². The Morgan fingerprint density at radius 1 is 1.35 bits per heavy atom. The number of carbonyl (C=O) groups excluding carboxylic acids is 1. The highest BCUT2D eigenvalue weighted by Crippen LogP contribution is 2.38. The third-order valence-corrected chi connectivity index (χ3v) is 6.06. The first-order valence-corrected chi connectivity index (χ1v) is 10.4. The molecule has 1 saturated heterocycles. The van der Waals surface area contributed by atoms with E-state index < -0.39 is 0 Å². The van der Waals surface area contributed by atoms with Gasteiger partial charge in [0.25, 0.3) is 0 Å². The summed E-state index contributed by atoms with van der Waals surface area (Å²) in [5.74, 6) is 1.17. The number of carbonyl (C=O) groups is 1. The van der Waals surface area contributed by atoms with Crippen molar-refractivity contribution in [2.24, 2.45) is 17.3 Å². The molecule has 1 amide bonds. The Bertz CT molecular complexity index is 624. The molecule has 3 rings (SSSR count). The third kappa shape index (κ3) is 5.57. The van der Waals surface area contributed by atoms with Crippen LogP contribution in [0.1, 0.15) is 57.6 Å². The highest BCUT2D eigenvalue weighted by Gasteiger charge is 2.40. The Morgan fingerprint density at radius 3 is 2.81 bits per heavy atom. The molecule has 1 N–H and O–H groups in total. The maximum absolute atomic E-state index is 12.3. The lowest BCUT2D eigenvalue weighted by Crippen LogP contribution is -2.39. The predicted octanol–water partition coefficient (Wildman–Crippen LogP) is 4.19. The zero-order valence-corrected chi connectivity index (χ0v) is 17.1. The number of hydrogen-bond acceptors (Lipinski definition) is 2. The molecule has 1 aromatic rings. The van der Waals surface area contributed by atoms with Gasteiger partial charge in [0.1, 0.15) is 0 Å². The van der Waals surface area contributed by atoms with Gasteiger partial charge in [-0.05, 0) is 62.5 Å². The molecule has 1 unspecified atom stereocenters. The van der Waals surface area contributed by atoms with Gasteiger partial charge in [-0.25, -0.2) is 0 Å². The molecular weight excluding hydrogens is 320 g/mol. The number of hydrogen-bond donors (Lipinski definition) is 1. The van der Waals surface area contributed by atoms with Crippen LogP contribution in [-0.2, 0) is 11.2 Å². The van der Waals surface area contributed by atoms with Crippen molar-refractivity contribution in [3.63, 3.8) is 0 Å². The molecule has 0 radical (unpaired) electrons. The number of nitrogens with one attached hydrogen (secondary N) is 1. The van der Waals surface area contributed by atoms with E-state index in [2.05, 4.69) is 62.2 Å². The van der Waals surface area contributed by atoms with Crippen LogP contribution in [0.2, 0.25) is 0 Å². The summed E-state index contributed by atoms with van der Waals surface area (Å²) in [5.41, 5.74) is 3.05. The smallest absolute Gasteiger partial charge is 0.223 e. The van der Waals surface area contributed by atoms with Crippen LogP contribution in [0.25, 0.3) is 0 Å². The minimum atomic E-state index is 0.257. The van der Waals surface area contributed by atoms with E-state index in [1.807, 2.05) is 0 Å². The van der Waals surface area contributed by atoms with Crippen LogP contribution in [0, 0.1) is 24.2 Å². The summed E-state index contributed by atoms with van der Waals surface area (Å²) in [6.45, 7) is 12.4. The van der Waals surface area contributed by atoms with Crippen LogP contribution in [-0.4, -0.2) is 36.5 Å². The molecule has 3 heteroatoms. The Balaban J connectivity index is 1.47. The SMILES string of the molecule is Cc1cccc(CCCN2CCC(NC(=O)[C@@H]3C[C@H]3C)CC(C)(C)C2)c1. The first-order chi connectivity index (χ1) is 12.3. The fourth-order valence-corrected chi connectivity index (χ4v) is 4.54. The average Bonchev–Trinajstić information content (AvgIpc) is 3.30. The van der Waals surface area contributed by atoms with E-state index in [1.165, 1.54) is 17.5 Å². The average molecular weight is 357 g/mol. The lowest BCUT2D eigenvalue weighted by molar-refractivity contribution is -0.123. The largest absolute Gasteiger partial charge is 0.353 e. The highest BCUT2D eigenvalue weighted by molar-refractivity contribution is 5.81. The second-order valence-corrected chi connectivity index (χ2v) is 9.55. The van der Waals surface area contributed by atoms with Gasteiger partial charge in [0, 0.05) is 25.0 Å². The van der Waals surface area contributed by atoms with Crippen LogP contribution in [0.3, 0.4) is 0 Å². The summed E-state index contributed by atoms with van der Waals surface area (Å²) in [7, 11) is 0. The maximum atomic E-state index is 12.3. The van der Waals surface area contributed by atoms with Crippen molar-refractivity contribution in [1.82, 2.24) is 10.2 Å². The fourth-order valence-electron chi connectivity index (χ4n) is 4.54. The van der Waals surface area contributed by atoms with Gasteiger partial charge in [-0.1, -0.05) is 50.6 Å². The summed E-state index contributed by atoms with van der Waals surface area (Å²) in [6, 6.07) is 9.21. The van der Waals surface area contributed by atoms with E-state index >= 15 is 0 Å². The maximum Gasteiger partial charge on any atom is 0.223 e. The van der Waals surface area contributed by atoms with E-state index in [4.69, 9.17) is 0 Å². The number of amides is 1. The highest BCUT2D eigenvalue weighted by atomic mass is 16.2. The first-order valence-electron chi connectivity index (χ1n) is 10.4. The summed E-state index contributed by atoms with van der Waals surface area (Å²) in [5, 5.41) is 3.35. The normalized spacial score (nSPS) is 28.4. The Kier molecular flexibility index (Phi) is 6.06. The Labute approximate surface area is 159 Å². The lowest BCUT2D eigenvalue weighted by Gasteiger charge is -2.30. The molecule has 0 aromatic heterocycles. The summed E-state index contributed by atoms with van der Waals surface area (Å²) in [6.07, 6.45) is 5.61. The molecule has 1 saturated carbocycles. The van der Waals surface area contributed by atoms with Gasteiger partial charge in [0.05, 0.1) is 0 Å². The monoisotopic (exact) mass is 356 g/mol. The molecule has 2 fully saturated rings. The van der Waals surface area contributed by atoms with Crippen LogP contribution in [0.4, 0.5) is 0 Å². The van der Waals surface area contributed by atoms with E-state index in [0.29, 0.717) is 17.9 Å². The zero-order valence-electron chi connectivity index (χ0n) is 17.1. The molecule has 26 heavy (non-hydrogen) atoms. The van der Waals surface area contributed by atoms with Crippen molar-refractivity contribution >= 4 is 5.91 Å². The van der Waals surface area contributed by atoms with Crippen molar-refractivity contribution in [3.05, 3.63) is 35.4 Å². The second-order valence-electron chi connectivity index (χ2n) is 9.55. The fraction of sp³-hybridized carbons (Fsp3) is 0.696. The van der Waals surface area contributed by atoms with Gasteiger partial charge < -0.3 is 10.2 Å². The number of rotatable bonds is 6. The van der Waals surface area contributed by atoms with Crippen molar-refractivity contribution in [1.29, 1.82) is 0 Å².